The molecule has 7 nitrogen and oxygen atoms in total. The lowest BCUT2D eigenvalue weighted by Gasteiger charge is -2.28. The highest BCUT2D eigenvalue weighted by atomic mass is 16.3. The van der Waals surface area contributed by atoms with Gasteiger partial charge in [0, 0.05) is 50.2 Å². The van der Waals surface area contributed by atoms with Crippen LogP contribution in [0.25, 0.3) is 0 Å². The summed E-state index contributed by atoms with van der Waals surface area (Å²) in [5.74, 6) is 0.714. The minimum atomic E-state index is -1.06. The van der Waals surface area contributed by atoms with Crippen molar-refractivity contribution in [2.24, 2.45) is 12.0 Å². The van der Waals surface area contributed by atoms with Crippen LogP contribution in [-0.4, -0.2) is 53.1 Å². The Balaban J connectivity index is 1.61. The fraction of sp³-hybridized carbons (Fsp3) is 0.524. The molecule has 0 fully saturated rings. The fourth-order valence-corrected chi connectivity index (χ4v) is 3.54. The zero-order valence-electron chi connectivity index (χ0n) is 17.3. The lowest BCUT2D eigenvalue weighted by molar-refractivity contribution is 0.0672. The molecule has 0 aliphatic carbocycles. The van der Waals surface area contributed by atoms with Gasteiger partial charge in [-0.1, -0.05) is 18.2 Å². The Labute approximate surface area is 167 Å². The van der Waals surface area contributed by atoms with E-state index in [4.69, 9.17) is 0 Å². The van der Waals surface area contributed by atoms with Gasteiger partial charge in [-0.15, -0.1) is 0 Å². The van der Waals surface area contributed by atoms with Crippen LogP contribution in [0.2, 0.25) is 0 Å². The second kappa shape index (κ2) is 8.65. The number of nitrogens with one attached hydrogen (secondary N) is 2. The normalized spacial score (nSPS) is 17.2. The van der Waals surface area contributed by atoms with Gasteiger partial charge in [0.25, 0.3) is 0 Å². The van der Waals surface area contributed by atoms with E-state index in [1.54, 1.807) is 17.8 Å². The second-order valence-corrected chi connectivity index (χ2v) is 7.67. The molecule has 0 saturated carbocycles. The molecule has 28 heavy (non-hydrogen) atoms. The third-order valence-electron chi connectivity index (χ3n) is 5.24. The van der Waals surface area contributed by atoms with Crippen LogP contribution < -0.4 is 15.5 Å². The van der Waals surface area contributed by atoms with Crippen LogP contribution in [0.15, 0.2) is 41.7 Å². The van der Waals surface area contributed by atoms with Gasteiger partial charge in [-0.05, 0) is 38.8 Å². The average Bonchev–Trinajstić information content (AvgIpc) is 3.30. The number of rotatable bonds is 7. The summed E-state index contributed by atoms with van der Waals surface area (Å²) in [4.78, 5) is 7.04. The van der Waals surface area contributed by atoms with Gasteiger partial charge in [0.15, 0.2) is 5.96 Å². The molecule has 2 unspecified atom stereocenters. The maximum absolute atomic E-state index is 10.8. The van der Waals surface area contributed by atoms with E-state index < -0.39 is 5.60 Å². The van der Waals surface area contributed by atoms with E-state index in [-0.39, 0.29) is 6.54 Å². The van der Waals surface area contributed by atoms with Crippen LogP contribution in [0, 0.1) is 0 Å². The van der Waals surface area contributed by atoms with Crippen molar-refractivity contribution in [3.8, 4) is 0 Å². The summed E-state index contributed by atoms with van der Waals surface area (Å²) in [6.07, 6.45) is 4.61. The van der Waals surface area contributed by atoms with Gasteiger partial charge in [0.1, 0.15) is 5.60 Å². The standard InChI is InChI=1S/C21H32N6O/c1-5-22-20(24-15-21(3,28)18-13-25-26(4)14-18)23-12-16(2)27-11-10-17-8-6-7-9-19(17)27/h6-9,13-14,16,28H,5,10-12,15H2,1-4H3,(H2,22,23,24). The first-order valence-electron chi connectivity index (χ1n) is 9.99. The molecule has 3 rings (SSSR count). The number of fused-ring (bicyclic) bond motifs is 1. The van der Waals surface area contributed by atoms with Crippen LogP contribution in [0.3, 0.4) is 0 Å². The van der Waals surface area contributed by atoms with Crippen molar-refractivity contribution in [3.05, 3.63) is 47.8 Å². The van der Waals surface area contributed by atoms with Gasteiger partial charge in [-0.3, -0.25) is 4.68 Å². The molecule has 1 aliphatic heterocycles. The smallest absolute Gasteiger partial charge is 0.191 e. The van der Waals surface area contributed by atoms with Crippen molar-refractivity contribution in [1.82, 2.24) is 20.4 Å². The number of hydrogen-bond donors (Lipinski definition) is 3. The topological polar surface area (TPSA) is 77.7 Å². The Morgan fingerprint density at radius 3 is 2.86 bits per heavy atom. The molecular weight excluding hydrogens is 352 g/mol. The van der Waals surface area contributed by atoms with E-state index >= 15 is 0 Å². The summed E-state index contributed by atoms with van der Waals surface area (Å²) < 4.78 is 1.69. The van der Waals surface area contributed by atoms with Crippen LogP contribution in [-0.2, 0) is 19.1 Å². The van der Waals surface area contributed by atoms with Crippen molar-refractivity contribution in [1.29, 1.82) is 0 Å². The Morgan fingerprint density at radius 2 is 2.14 bits per heavy atom. The molecule has 0 amide bonds. The van der Waals surface area contributed by atoms with Gasteiger partial charge in [0.05, 0.1) is 12.7 Å². The summed E-state index contributed by atoms with van der Waals surface area (Å²) in [5, 5.41) is 21.6. The molecule has 0 spiro atoms. The molecule has 0 saturated heterocycles. The molecule has 0 radical (unpaired) electrons. The van der Waals surface area contributed by atoms with E-state index in [1.807, 2.05) is 20.2 Å². The lowest BCUT2D eigenvalue weighted by atomic mass is 10.0. The predicted molar refractivity (Wildman–Crippen MR) is 114 cm³/mol. The van der Waals surface area contributed by atoms with Gasteiger partial charge < -0.3 is 20.6 Å². The molecule has 2 aromatic rings. The van der Waals surface area contributed by atoms with Crippen LogP contribution >= 0.6 is 0 Å². The Hall–Kier alpha value is -2.54. The van der Waals surface area contributed by atoms with Crippen molar-refractivity contribution < 1.29 is 5.11 Å². The quantitative estimate of drug-likeness (QED) is 0.500. The number of aromatic nitrogens is 2. The highest BCUT2D eigenvalue weighted by Gasteiger charge is 2.25. The Bertz CT molecular complexity index is 813. The highest BCUT2D eigenvalue weighted by molar-refractivity contribution is 5.80. The molecule has 2 atom stereocenters. The Morgan fingerprint density at radius 1 is 1.36 bits per heavy atom. The summed E-state index contributed by atoms with van der Waals surface area (Å²) in [5.41, 5.74) is 2.45. The molecule has 152 valence electrons. The average molecular weight is 385 g/mol. The van der Waals surface area contributed by atoms with Gasteiger partial charge in [-0.25, -0.2) is 4.99 Å². The third kappa shape index (κ3) is 4.65. The van der Waals surface area contributed by atoms with Crippen molar-refractivity contribution in [2.45, 2.75) is 38.8 Å². The molecular formula is C21H32N6O. The van der Waals surface area contributed by atoms with Crippen LogP contribution in [0.4, 0.5) is 5.69 Å². The van der Waals surface area contributed by atoms with Crippen molar-refractivity contribution >= 4 is 11.6 Å². The minimum Gasteiger partial charge on any atom is -0.383 e. The second-order valence-electron chi connectivity index (χ2n) is 7.67. The number of guanidine groups is 1. The predicted octanol–water partition coefficient (Wildman–Crippen LogP) is 1.63. The SMILES string of the molecule is CCNC(=NCC(C)(O)c1cnn(C)c1)NCC(C)N1CCc2ccccc21. The monoisotopic (exact) mass is 384 g/mol. The first-order chi connectivity index (χ1) is 13.4. The zero-order valence-corrected chi connectivity index (χ0v) is 17.3. The summed E-state index contributed by atoms with van der Waals surface area (Å²) in [6, 6.07) is 8.95. The molecule has 1 aromatic carbocycles. The first kappa shape index (κ1) is 20.2. The van der Waals surface area contributed by atoms with Gasteiger partial charge in [-0.2, -0.15) is 5.10 Å². The fourth-order valence-electron chi connectivity index (χ4n) is 3.54. The molecule has 1 aliphatic rings. The largest absolute Gasteiger partial charge is 0.383 e. The van der Waals surface area contributed by atoms with Crippen molar-refractivity contribution in [3.63, 3.8) is 0 Å². The van der Waals surface area contributed by atoms with E-state index in [1.165, 1.54) is 11.3 Å². The molecule has 0 bridgehead atoms. The van der Waals surface area contributed by atoms with Gasteiger partial charge in [0.2, 0.25) is 0 Å². The Kier molecular flexibility index (Phi) is 6.24. The number of hydrogen-bond acceptors (Lipinski definition) is 4. The number of benzene rings is 1. The van der Waals surface area contributed by atoms with E-state index in [2.05, 4.69) is 56.8 Å². The van der Waals surface area contributed by atoms with Crippen LogP contribution in [0.1, 0.15) is 31.9 Å². The maximum atomic E-state index is 10.8. The number of aliphatic hydroxyl groups is 1. The van der Waals surface area contributed by atoms with E-state index in [0.29, 0.717) is 12.0 Å². The lowest BCUT2D eigenvalue weighted by Crippen LogP contribution is -2.46. The first-order valence-corrected chi connectivity index (χ1v) is 9.99. The molecule has 1 aromatic heterocycles. The van der Waals surface area contributed by atoms with Gasteiger partial charge >= 0.3 is 0 Å². The minimum absolute atomic E-state index is 0.259. The summed E-state index contributed by atoms with van der Waals surface area (Å²) in [7, 11) is 1.84. The summed E-state index contributed by atoms with van der Waals surface area (Å²) in [6.45, 7) is 8.87. The van der Waals surface area contributed by atoms with E-state index in [9.17, 15) is 5.11 Å². The number of anilines is 1. The number of nitrogens with zero attached hydrogens (tertiary/aromatic N) is 4. The van der Waals surface area contributed by atoms with E-state index in [0.717, 1.165) is 31.6 Å². The number of para-hydroxylation sites is 1. The molecule has 3 N–H and O–H groups in total. The molecule has 2 heterocycles. The highest BCUT2D eigenvalue weighted by Crippen LogP contribution is 2.28. The summed E-state index contributed by atoms with van der Waals surface area (Å²) >= 11 is 0. The third-order valence-corrected chi connectivity index (χ3v) is 5.24. The zero-order chi connectivity index (χ0) is 20.1. The number of aliphatic imine (C=N–C) groups is 1. The van der Waals surface area contributed by atoms with Crippen LogP contribution in [0.5, 0.6) is 0 Å². The molecule has 7 heteroatoms. The van der Waals surface area contributed by atoms with Crippen molar-refractivity contribution in [2.75, 3.05) is 31.1 Å². The maximum Gasteiger partial charge on any atom is 0.191 e. The number of aryl methyl sites for hydroxylation is 1.